The number of amides is 1. The van der Waals surface area contributed by atoms with Crippen LogP contribution in [0, 0.1) is 0 Å². The number of anilines is 1. The topological polar surface area (TPSA) is 44.7 Å². The number of rotatable bonds is 4. The lowest BCUT2D eigenvalue weighted by molar-refractivity contribution is 0.0955. The predicted octanol–water partition coefficient (Wildman–Crippen LogP) is 4.95. The molecule has 27 heavy (non-hydrogen) atoms. The Hall–Kier alpha value is -2.62. The average Bonchev–Trinajstić information content (AvgIpc) is 2.61. The molecule has 142 valence electrons. The molecule has 0 spiro atoms. The zero-order valence-electron chi connectivity index (χ0n) is 16.9. The van der Waals surface area contributed by atoms with Crippen LogP contribution in [-0.4, -0.2) is 23.7 Å². The van der Waals surface area contributed by atoms with Gasteiger partial charge in [-0.25, -0.2) is 5.43 Å². The van der Waals surface area contributed by atoms with Crippen molar-refractivity contribution in [1.29, 1.82) is 0 Å². The van der Waals surface area contributed by atoms with Crippen LogP contribution in [0.2, 0.25) is 0 Å². The van der Waals surface area contributed by atoms with E-state index in [2.05, 4.69) is 68.2 Å². The Balaban J connectivity index is 1.80. The smallest absolute Gasteiger partial charge is 0.271 e. The third kappa shape index (κ3) is 4.05. The number of hydrogen-bond donors (Lipinski definition) is 1. The zero-order chi connectivity index (χ0) is 19.6. The first-order valence-electron chi connectivity index (χ1n) is 9.61. The molecule has 2 aromatic rings. The molecule has 0 fully saturated rings. The lowest BCUT2D eigenvalue weighted by Gasteiger charge is -2.50. The van der Waals surface area contributed by atoms with E-state index in [1.807, 2.05) is 18.2 Å². The molecule has 1 aliphatic heterocycles. The van der Waals surface area contributed by atoms with Crippen LogP contribution < -0.4 is 10.3 Å². The highest BCUT2D eigenvalue weighted by Crippen LogP contribution is 2.44. The van der Waals surface area contributed by atoms with Crippen LogP contribution in [0.25, 0.3) is 0 Å². The molecule has 0 unspecified atom stereocenters. The van der Waals surface area contributed by atoms with Gasteiger partial charge in [-0.2, -0.15) is 5.10 Å². The van der Waals surface area contributed by atoms with E-state index in [-0.39, 0.29) is 11.4 Å². The summed E-state index contributed by atoms with van der Waals surface area (Å²) >= 11 is 0. The lowest BCUT2D eigenvalue weighted by Crippen LogP contribution is -2.51. The molecule has 1 aliphatic rings. The van der Waals surface area contributed by atoms with E-state index in [1.165, 1.54) is 11.3 Å². The highest BCUT2D eigenvalue weighted by atomic mass is 16.2. The van der Waals surface area contributed by atoms with Crippen molar-refractivity contribution in [3.8, 4) is 0 Å². The van der Waals surface area contributed by atoms with Gasteiger partial charge in [-0.05, 0) is 75.4 Å². The third-order valence-corrected chi connectivity index (χ3v) is 5.23. The molecule has 1 heterocycles. The highest BCUT2D eigenvalue weighted by Gasteiger charge is 2.37. The monoisotopic (exact) mass is 363 g/mol. The molecular weight excluding hydrogens is 334 g/mol. The molecular formula is C23H29N3O. The highest BCUT2D eigenvalue weighted by molar-refractivity contribution is 5.94. The summed E-state index contributed by atoms with van der Waals surface area (Å²) in [4.78, 5) is 14.6. The second kappa shape index (κ2) is 7.55. The van der Waals surface area contributed by atoms with E-state index >= 15 is 0 Å². The van der Waals surface area contributed by atoms with Crippen molar-refractivity contribution < 1.29 is 4.79 Å². The average molecular weight is 364 g/mol. The minimum atomic E-state index is -0.203. The molecule has 1 amide bonds. The number of hydrogen-bond acceptors (Lipinski definition) is 3. The maximum absolute atomic E-state index is 12.1. The Labute approximate surface area is 162 Å². The molecule has 0 radical (unpaired) electrons. The molecule has 0 bridgehead atoms. The van der Waals surface area contributed by atoms with E-state index < -0.39 is 0 Å². The molecule has 4 heteroatoms. The second-order valence-corrected chi connectivity index (χ2v) is 8.26. The maximum Gasteiger partial charge on any atom is 0.271 e. The fraction of sp³-hybridized carbons (Fsp3) is 0.391. The van der Waals surface area contributed by atoms with Crippen LogP contribution in [0.5, 0.6) is 0 Å². The Morgan fingerprint density at radius 1 is 1.22 bits per heavy atom. The van der Waals surface area contributed by atoms with Crippen molar-refractivity contribution in [1.82, 2.24) is 5.43 Å². The summed E-state index contributed by atoms with van der Waals surface area (Å²) in [5.41, 5.74) is 6.99. The SMILES string of the molecule is CC(C)N1c2ccc(/C=N\NC(=O)c3ccccc3)cc2[C@@H](C)CC1(C)C. The molecule has 4 nitrogen and oxygen atoms in total. The van der Waals surface area contributed by atoms with Gasteiger partial charge in [0.15, 0.2) is 0 Å². The standard InChI is InChI=1S/C23H29N3O/c1-16(2)26-21-12-11-18(13-20(21)17(3)14-23(26,4)5)15-24-25-22(27)19-9-7-6-8-10-19/h6-13,15-17H,14H2,1-5H3,(H,25,27)/b24-15-/t17-/m0/s1. The van der Waals surface area contributed by atoms with Crippen molar-refractivity contribution in [2.75, 3.05) is 4.90 Å². The number of nitrogens with zero attached hydrogens (tertiary/aromatic N) is 2. The Kier molecular flexibility index (Phi) is 5.36. The van der Waals surface area contributed by atoms with Crippen LogP contribution in [0.4, 0.5) is 5.69 Å². The fourth-order valence-corrected chi connectivity index (χ4v) is 4.35. The molecule has 1 N–H and O–H groups in total. The largest absolute Gasteiger partial charge is 0.364 e. The molecule has 2 aromatic carbocycles. The third-order valence-electron chi connectivity index (χ3n) is 5.23. The van der Waals surface area contributed by atoms with Crippen molar-refractivity contribution in [3.05, 3.63) is 65.2 Å². The van der Waals surface area contributed by atoms with Crippen LogP contribution >= 0.6 is 0 Å². The van der Waals surface area contributed by atoms with Crippen molar-refractivity contribution in [3.63, 3.8) is 0 Å². The summed E-state index contributed by atoms with van der Waals surface area (Å²) in [6, 6.07) is 16.0. The summed E-state index contributed by atoms with van der Waals surface area (Å²) in [5, 5.41) is 4.14. The molecule has 0 aromatic heterocycles. The molecule has 0 saturated carbocycles. The first-order chi connectivity index (χ1) is 12.8. The van der Waals surface area contributed by atoms with Gasteiger partial charge in [0.1, 0.15) is 0 Å². The summed E-state index contributed by atoms with van der Waals surface area (Å²) in [7, 11) is 0. The van der Waals surface area contributed by atoms with Gasteiger partial charge in [0.25, 0.3) is 5.91 Å². The summed E-state index contributed by atoms with van der Waals surface area (Å²) in [5.74, 6) is 0.281. The van der Waals surface area contributed by atoms with E-state index in [4.69, 9.17) is 0 Å². The Bertz CT molecular complexity index is 840. The molecule has 0 saturated heterocycles. The van der Waals surface area contributed by atoms with Crippen LogP contribution in [0.3, 0.4) is 0 Å². The van der Waals surface area contributed by atoms with E-state index in [0.29, 0.717) is 17.5 Å². The first kappa shape index (κ1) is 19.2. The predicted molar refractivity (Wildman–Crippen MR) is 113 cm³/mol. The van der Waals surface area contributed by atoms with Crippen LogP contribution in [0.15, 0.2) is 53.6 Å². The van der Waals surface area contributed by atoms with Crippen molar-refractivity contribution >= 4 is 17.8 Å². The van der Waals surface area contributed by atoms with E-state index in [9.17, 15) is 4.79 Å². The number of hydrazone groups is 1. The Morgan fingerprint density at radius 2 is 1.93 bits per heavy atom. The number of fused-ring (bicyclic) bond motifs is 1. The summed E-state index contributed by atoms with van der Waals surface area (Å²) in [6.45, 7) is 11.4. The van der Waals surface area contributed by atoms with Crippen molar-refractivity contribution in [2.45, 2.75) is 58.5 Å². The van der Waals surface area contributed by atoms with E-state index in [0.717, 1.165) is 12.0 Å². The minimum Gasteiger partial charge on any atom is -0.364 e. The number of benzene rings is 2. The van der Waals surface area contributed by atoms with Gasteiger partial charge < -0.3 is 4.90 Å². The van der Waals surface area contributed by atoms with Crippen LogP contribution in [-0.2, 0) is 0 Å². The Morgan fingerprint density at radius 3 is 2.59 bits per heavy atom. The lowest BCUT2D eigenvalue weighted by atomic mass is 9.79. The van der Waals surface area contributed by atoms with Gasteiger partial charge >= 0.3 is 0 Å². The normalized spacial score (nSPS) is 18.6. The van der Waals surface area contributed by atoms with Gasteiger partial charge in [0.2, 0.25) is 0 Å². The number of carbonyl (C=O) groups is 1. The molecule has 3 rings (SSSR count). The first-order valence-corrected chi connectivity index (χ1v) is 9.61. The number of carbonyl (C=O) groups excluding carboxylic acids is 1. The quantitative estimate of drug-likeness (QED) is 0.617. The minimum absolute atomic E-state index is 0.139. The van der Waals surface area contributed by atoms with Crippen molar-refractivity contribution in [2.24, 2.45) is 5.10 Å². The molecule has 1 atom stereocenters. The van der Waals surface area contributed by atoms with Gasteiger partial charge in [0, 0.05) is 22.8 Å². The summed E-state index contributed by atoms with van der Waals surface area (Å²) < 4.78 is 0. The maximum atomic E-state index is 12.1. The fourth-order valence-electron chi connectivity index (χ4n) is 4.35. The molecule has 0 aliphatic carbocycles. The number of nitrogens with one attached hydrogen (secondary N) is 1. The van der Waals surface area contributed by atoms with Gasteiger partial charge in [-0.1, -0.05) is 31.2 Å². The summed E-state index contributed by atoms with van der Waals surface area (Å²) in [6.07, 6.45) is 2.83. The van der Waals surface area contributed by atoms with Crippen LogP contribution in [0.1, 0.15) is 68.4 Å². The van der Waals surface area contributed by atoms with Gasteiger partial charge in [-0.15, -0.1) is 0 Å². The van der Waals surface area contributed by atoms with E-state index in [1.54, 1.807) is 18.3 Å². The van der Waals surface area contributed by atoms with Gasteiger partial charge in [-0.3, -0.25) is 4.79 Å². The van der Waals surface area contributed by atoms with Gasteiger partial charge in [0.05, 0.1) is 6.21 Å². The second-order valence-electron chi connectivity index (χ2n) is 8.26. The zero-order valence-corrected chi connectivity index (χ0v) is 16.9.